The average molecular weight is 312 g/mol. The van der Waals surface area contributed by atoms with E-state index in [-0.39, 0.29) is 11.9 Å². The predicted molar refractivity (Wildman–Crippen MR) is 90.0 cm³/mol. The molecule has 0 atom stereocenters. The number of aryl methyl sites for hydroxylation is 3. The normalized spacial score (nSPS) is 10.6. The first-order valence-electron chi connectivity index (χ1n) is 7.18. The van der Waals surface area contributed by atoms with E-state index in [1.165, 1.54) is 30.5 Å². The van der Waals surface area contributed by atoms with Gasteiger partial charge in [0.15, 0.2) is 0 Å². The molecule has 1 heterocycles. The molecule has 0 bridgehead atoms. The summed E-state index contributed by atoms with van der Waals surface area (Å²) in [5.74, 6) is 0.376. The number of ether oxygens (including phenoxy) is 1. The minimum Gasteiger partial charge on any atom is -0.481 e. The fourth-order valence-electron chi connectivity index (χ4n) is 2.00. The van der Waals surface area contributed by atoms with Gasteiger partial charge < -0.3 is 4.74 Å². The number of nitrogens with zero attached hydrogens (tertiary/aromatic N) is 2. The van der Waals surface area contributed by atoms with Crippen LogP contribution in [0.5, 0.6) is 5.88 Å². The van der Waals surface area contributed by atoms with Gasteiger partial charge in [0.2, 0.25) is 11.8 Å². The van der Waals surface area contributed by atoms with Crippen LogP contribution in [0.2, 0.25) is 0 Å². The molecule has 0 saturated carbocycles. The van der Waals surface area contributed by atoms with Crippen molar-refractivity contribution in [2.24, 2.45) is 0 Å². The Morgan fingerprint density at radius 1 is 1.17 bits per heavy atom. The molecule has 6 heteroatoms. The van der Waals surface area contributed by atoms with Crippen molar-refractivity contribution in [3.8, 4) is 5.88 Å². The van der Waals surface area contributed by atoms with E-state index in [4.69, 9.17) is 4.74 Å². The first kappa shape index (κ1) is 16.5. The fraction of sp³-hybridized carbons (Fsp3) is 0.235. The first-order valence-corrected chi connectivity index (χ1v) is 7.18. The van der Waals surface area contributed by atoms with E-state index >= 15 is 0 Å². The third-order valence-electron chi connectivity index (χ3n) is 3.43. The predicted octanol–water partition coefficient (Wildman–Crippen LogP) is 2.57. The molecule has 2 rings (SSSR count). The lowest BCUT2D eigenvalue weighted by molar-refractivity contribution is -0.116. The number of carbonyl (C=O) groups is 1. The van der Waals surface area contributed by atoms with E-state index in [1.807, 2.05) is 13.8 Å². The molecule has 0 aliphatic rings. The maximum Gasteiger partial charge on any atom is 0.262 e. The second kappa shape index (κ2) is 7.40. The maximum atomic E-state index is 11.9. The molecule has 120 valence electrons. The Morgan fingerprint density at radius 2 is 1.91 bits per heavy atom. The van der Waals surface area contributed by atoms with E-state index in [9.17, 15) is 4.79 Å². The number of nitrogens with one attached hydrogen (secondary N) is 2. The van der Waals surface area contributed by atoms with Gasteiger partial charge in [0.05, 0.1) is 7.11 Å². The zero-order valence-corrected chi connectivity index (χ0v) is 13.7. The van der Waals surface area contributed by atoms with Crippen LogP contribution in [0.25, 0.3) is 6.08 Å². The van der Waals surface area contributed by atoms with Gasteiger partial charge in [-0.2, -0.15) is 4.98 Å². The van der Waals surface area contributed by atoms with Crippen molar-refractivity contribution in [2.75, 3.05) is 12.5 Å². The molecule has 1 aromatic heterocycles. The number of anilines is 1. The summed E-state index contributed by atoms with van der Waals surface area (Å²) in [6.07, 6.45) is 4.78. The molecule has 0 spiro atoms. The molecule has 0 aliphatic carbocycles. The largest absolute Gasteiger partial charge is 0.481 e. The van der Waals surface area contributed by atoms with Crippen molar-refractivity contribution in [2.45, 2.75) is 20.8 Å². The van der Waals surface area contributed by atoms with E-state index in [0.29, 0.717) is 5.88 Å². The summed E-state index contributed by atoms with van der Waals surface area (Å²) in [7, 11) is 1.51. The van der Waals surface area contributed by atoms with Crippen LogP contribution in [0.3, 0.4) is 0 Å². The zero-order valence-electron chi connectivity index (χ0n) is 13.7. The van der Waals surface area contributed by atoms with Crippen molar-refractivity contribution in [3.05, 3.63) is 52.7 Å². The van der Waals surface area contributed by atoms with Gasteiger partial charge in [-0.05, 0) is 49.1 Å². The summed E-state index contributed by atoms with van der Waals surface area (Å²) in [5.41, 5.74) is 9.72. The minimum atomic E-state index is -0.297. The number of hydrogen-bond donors (Lipinski definition) is 2. The minimum absolute atomic E-state index is 0.258. The topological polar surface area (TPSA) is 76.1 Å². The number of hydrazine groups is 1. The Balaban J connectivity index is 1.98. The van der Waals surface area contributed by atoms with Crippen LogP contribution in [-0.2, 0) is 4.79 Å². The van der Waals surface area contributed by atoms with Crippen LogP contribution in [0, 0.1) is 20.8 Å². The van der Waals surface area contributed by atoms with Gasteiger partial charge in [-0.1, -0.05) is 12.1 Å². The van der Waals surface area contributed by atoms with Gasteiger partial charge in [-0.25, -0.2) is 4.98 Å². The van der Waals surface area contributed by atoms with Crippen molar-refractivity contribution >= 4 is 17.9 Å². The molecule has 23 heavy (non-hydrogen) atoms. The van der Waals surface area contributed by atoms with Crippen molar-refractivity contribution in [1.29, 1.82) is 0 Å². The molecule has 2 N–H and O–H groups in total. The Morgan fingerprint density at radius 3 is 2.65 bits per heavy atom. The highest BCUT2D eigenvalue weighted by molar-refractivity contribution is 5.92. The Hall–Kier alpha value is -2.89. The third kappa shape index (κ3) is 4.54. The highest BCUT2D eigenvalue weighted by Gasteiger charge is 2.02. The standard InChI is InChI=1S/C17H20N4O2/c1-11-9-13(3)14(10-12(11)2)5-6-15(22)20-21-17-18-8-7-16(19-17)23-4/h5-10H,1-4H3,(H,20,22)(H,18,19,21)/b6-5+. The molecule has 0 fully saturated rings. The van der Waals surface area contributed by atoms with Gasteiger partial charge in [-0.3, -0.25) is 15.6 Å². The SMILES string of the molecule is COc1ccnc(NNC(=O)/C=C/c2cc(C)c(C)cc2C)n1. The summed E-state index contributed by atoms with van der Waals surface area (Å²) in [5, 5.41) is 0. The fourth-order valence-corrected chi connectivity index (χ4v) is 2.00. The molecule has 1 aromatic carbocycles. The van der Waals surface area contributed by atoms with Crippen LogP contribution in [0.15, 0.2) is 30.5 Å². The summed E-state index contributed by atoms with van der Waals surface area (Å²) in [6, 6.07) is 5.79. The number of aromatic nitrogens is 2. The number of benzene rings is 1. The van der Waals surface area contributed by atoms with E-state index in [1.54, 1.807) is 12.1 Å². The van der Waals surface area contributed by atoms with Crippen LogP contribution < -0.4 is 15.6 Å². The summed E-state index contributed by atoms with van der Waals surface area (Å²) in [6.45, 7) is 6.14. The molecule has 1 amide bonds. The highest BCUT2D eigenvalue weighted by atomic mass is 16.5. The third-order valence-corrected chi connectivity index (χ3v) is 3.43. The number of rotatable bonds is 5. The molecule has 0 unspecified atom stereocenters. The quantitative estimate of drug-likeness (QED) is 0.655. The van der Waals surface area contributed by atoms with E-state index < -0.39 is 0 Å². The van der Waals surface area contributed by atoms with Gasteiger partial charge >= 0.3 is 0 Å². The van der Waals surface area contributed by atoms with Crippen molar-refractivity contribution in [3.63, 3.8) is 0 Å². The molecule has 0 aliphatic heterocycles. The molecular formula is C17H20N4O2. The van der Waals surface area contributed by atoms with Crippen LogP contribution in [0.1, 0.15) is 22.3 Å². The summed E-state index contributed by atoms with van der Waals surface area (Å²) < 4.78 is 4.98. The number of methoxy groups -OCH3 is 1. The smallest absolute Gasteiger partial charge is 0.262 e. The lowest BCUT2D eigenvalue weighted by atomic mass is 10.0. The monoisotopic (exact) mass is 312 g/mol. The molecule has 0 saturated heterocycles. The zero-order chi connectivity index (χ0) is 16.8. The van der Waals surface area contributed by atoms with Gasteiger partial charge in [0.1, 0.15) is 0 Å². The van der Waals surface area contributed by atoms with E-state index in [2.05, 4.69) is 39.9 Å². The summed E-state index contributed by atoms with van der Waals surface area (Å²) in [4.78, 5) is 19.9. The maximum absolute atomic E-state index is 11.9. The van der Waals surface area contributed by atoms with Gasteiger partial charge in [0, 0.05) is 18.3 Å². The number of amides is 1. The Labute approximate surface area is 135 Å². The van der Waals surface area contributed by atoms with Crippen LogP contribution in [-0.4, -0.2) is 23.0 Å². The highest BCUT2D eigenvalue weighted by Crippen LogP contribution is 2.16. The molecule has 0 radical (unpaired) electrons. The molecule has 2 aromatic rings. The first-order chi connectivity index (χ1) is 11.0. The van der Waals surface area contributed by atoms with Crippen molar-refractivity contribution < 1.29 is 9.53 Å². The van der Waals surface area contributed by atoms with E-state index in [0.717, 1.165) is 11.1 Å². The number of carbonyl (C=O) groups excluding carboxylic acids is 1. The Kier molecular flexibility index (Phi) is 5.30. The average Bonchev–Trinajstić information content (AvgIpc) is 2.55. The van der Waals surface area contributed by atoms with Crippen LogP contribution >= 0.6 is 0 Å². The summed E-state index contributed by atoms with van der Waals surface area (Å²) >= 11 is 0. The van der Waals surface area contributed by atoms with Crippen LogP contribution in [0.4, 0.5) is 5.95 Å². The lowest BCUT2D eigenvalue weighted by Crippen LogP contribution is -2.28. The molecular weight excluding hydrogens is 292 g/mol. The lowest BCUT2D eigenvalue weighted by Gasteiger charge is -2.07. The van der Waals surface area contributed by atoms with Gasteiger partial charge in [-0.15, -0.1) is 0 Å². The Bertz CT molecular complexity index is 741. The van der Waals surface area contributed by atoms with Gasteiger partial charge in [0.25, 0.3) is 5.91 Å². The second-order valence-corrected chi connectivity index (χ2v) is 5.16. The van der Waals surface area contributed by atoms with Crippen molar-refractivity contribution in [1.82, 2.24) is 15.4 Å². The molecule has 6 nitrogen and oxygen atoms in total. The second-order valence-electron chi connectivity index (χ2n) is 5.16. The number of hydrogen-bond acceptors (Lipinski definition) is 5.